The lowest BCUT2D eigenvalue weighted by Gasteiger charge is -2.26. The Bertz CT molecular complexity index is 179. The predicted octanol–water partition coefficient (Wildman–Crippen LogP) is 1.87. The van der Waals surface area contributed by atoms with Crippen molar-refractivity contribution in [1.29, 1.82) is 0 Å². The fourth-order valence-electron chi connectivity index (χ4n) is 2.34. The van der Waals surface area contributed by atoms with Gasteiger partial charge < -0.3 is 15.0 Å². The Labute approximate surface area is 101 Å². The van der Waals surface area contributed by atoms with Crippen molar-refractivity contribution in [3.63, 3.8) is 0 Å². The van der Waals surface area contributed by atoms with Crippen LogP contribution in [-0.2, 0) is 4.74 Å². The molecule has 1 N–H and O–H groups in total. The van der Waals surface area contributed by atoms with Crippen LogP contribution in [0.3, 0.4) is 0 Å². The topological polar surface area (TPSA) is 24.5 Å². The van der Waals surface area contributed by atoms with Gasteiger partial charge in [0.1, 0.15) is 0 Å². The fraction of sp³-hybridized carbons (Fsp3) is 1.00. The first-order valence-electron chi connectivity index (χ1n) is 6.64. The summed E-state index contributed by atoms with van der Waals surface area (Å²) in [6.07, 6.45) is 5.35. The van der Waals surface area contributed by atoms with E-state index < -0.39 is 0 Å². The Morgan fingerprint density at radius 1 is 1.44 bits per heavy atom. The molecule has 96 valence electrons. The Morgan fingerprint density at radius 3 is 2.69 bits per heavy atom. The summed E-state index contributed by atoms with van der Waals surface area (Å²) in [5, 5.41) is 3.62. The number of rotatable bonds is 7. The maximum Gasteiger partial charge on any atom is 0.0590 e. The van der Waals surface area contributed by atoms with Crippen LogP contribution in [-0.4, -0.2) is 50.3 Å². The van der Waals surface area contributed by atoms with Gasteiger partial charge in [0, 0.05) is 25.2 Å². The molecule has 3 atom stereocenters. The molecule has 0 radical (unpaired) electrons. The molecule has 1 aliphatic rings. The summed E-state index contributed by atoms with van der Waals surface area (Å²) < 4.78 is 5.65. The molecule has 3 heteroatoms. The summed E-state index contributed by atoms with van der Waals surface area (Å²) in [5.74, 6) is 0. The van der Waals surface area contributed by atoms with E-state index in [2.05, 4.69) is 38.2 Å². The van der Waals surface area contributed by atoms with Crippen LogP contribution in [0.4, 0.5) is 0 Å². The summed E-state index contributed by atoms with van der Waals surface area (Å²) in [6, 6.07) is 1.21. The van der Waals surface area contributed by atoms with Crippen molar-refractivity contribution >= 4 is 0 Å². The lowest BCUT2D eigenvalue weighted by atomic mass is 10.1. The van der Waals surface area contributed by atoms with Crippen molar-refractivity contribution in [3.05, 3.63) is 0 Å². The maximum atomic E-state index is 5.65. The number of hydrogen-bond acceptors (Lipinski definition) is 3. The van der Waals surface area contributed by atoms with E-state index in [4.69, 9.17) is 4.74 Å². The molecule has 3 unspecified atom stereocenters. The molecule has 16 heavy (non-hydrogen) atoms. The van der Waals surface area contributed by atoms with Crippen molar-refractivity contribution in [2.75, 3.05) is 27.2 Å². The van der Waals surface area contributed by atoms with Crippen LogP contribution in [0.25, 0.3) is 0 Å². The maximum absolute atomic E-state index is 5.65. The molecular formula is C13H28N2O. The first-order valence-corrected chi connectivity index (χ1v) is 6.64. The van der Waals surface area contributed by atoms with Gasteiger partial charge >= 0.3 is 0 Å². The van der Waals surface area contributed by atoms with Crippen LogP contribution >= 0.6 is 0 Å². The number of likely N-dealkylation sites (N-methyl/N-ethyl adjacent to an activating group) is 1. The normalized spacial score (nSPS) is 24.9. The smallest absolute Gasteiger partial charge is 0.0590 e. The van der Waals surface area contributed by atoms with E-state index in [0.717, 1.165) is 19.6 Å². The van der Waals surface area contributed by atoms with Crippen LogP contribution in [0.2, 0.25) is 0 Å². The van der Waals surface area contributed by atoms with Gasteiger partial charge in [0.2, 0.25) is 0 Å². The van der Waals surface area contributed by atoms with Gasteiger partial charge in [-0.1, -0.05) is 6.92 Å². The minimum absolute atomic E-state index is 0.502. The minimum Gasteiger partial charge on any atom is -0.378 e. The predicted molar refractivity (Wildman–Crippen MR) is 68.8 cm³/mol. The Hall–Kier alpha value is -0.120. The average Bonchev–Trinajstić information content (AvgIpc) is 2.70. The van der Waals surface area contributed by atoms with Gasteiger partial charge in [0.15, 0.2) is 0 Å². The highest BCUT2D eigenvalue weighted by atomic mass is 16.5. The van der Waals surface area contributed by atoms with Crippen LogP contribution in [0.1, 0.15) is 39.5 Å². The molecule has 0 bridgehead atoms. The second-order valence-corrected chi connectivity index (χ2v) is 5.21. The highest BCUT2D eigenvalue weighted by Gasteiger charge is 2.18. The van der Waals surface area contributed by atoms with Gasteiger partial charge in [-0.15, -0.1) is 0 Å². The quantitative estimate of drug-likeness (QED) is 0.720. The number of hydrogen-bond donors (Lipinski definition) is 1. The first-order chi connectivity index (χ1) is 7.63. The molecule has 0 amide bonds. The highest BCUT2D eigenvalue weighted by molar-refractivity contribution is 4.75. The van der Waals surface area contributed by atoms with E-state index in [9.17, 15) is 0 Å². The third-order valence-electron chi connectivity index (χ3n) is 3.54. The zero-order valence-electron chi connectivity index (χ0n) is 11.3. The minimum atomic E-state index is 0.502. The van der Waals surface area contributed by atoms with Crippen LogP contribution in [0.15, 0.2) is 0 Å². The standard InChI is InChI=1S/C13H28N2O/c1-5-12(15(3)4)10-14-11(2)9-13-7-6-8-16-13/h11-14H,5-10H2,1-4H3. The zero-order chi connectivity index (χ0) is 12.0. The Kier molecular flexibility index (Phi) is 6.32. The summed E-state index contributed by atoms with van der Waals surface area (Å²) in [6.45, 7) is 6.56. The zero-order valence-corrected chi connectivity index (χ0v) is 11.3. The molecule has 0 aromatic rings. The summed E-state index contributed by atoms with van der Waals surface area (Å²) in [5.41, 5.74) is 0. The van der Waals surface area contributed by atoms with Crippen molar-refractivity contribution in [1.82, 2.24) is 10.2 Å². The van der Waals surface area contributed by atoms with Gasteiger partial charge in [-0.25, -0.2) is 0 Å². The first kappa shape index (κ1) is 13.9. The lowest BCUT2D eigenvalue weighted by molar-refractivity contribution is 0.0953. The second kappa shape index (κ2) is 7.25. The summed E-state index contributed by atoms with van der Waals surface area (Å²) >= 11 is 0. The molecule has 3 nitrogen and oxygen atoms in total. The fourth-order valence-corrected chi connectivity index (χ4v) is 2.34. The van der Waals surface area contributed by atoms with Gasteiger partial charge in [-0.2, -0.15) is 0 Å². The Morgan fingerprint density at radius 2 is 2.19 bits per heavy atom. The van der Waals surface area contributed by atoms with Crippen LogP contribution < -0.4 is 5.32 Å². The molecular weight excluding hydrogens is 200 g/mol. The van der Waals surface area contributed by atoms with E-state index in [0.29, 0.717) is 18.2 Å². The van der Waals surface area contributed by atoms with Crippen molar-refractivity contribution in [2.45, 2.75) is 57.7 Å². The van der Waals surface area contributed by atoms with Gasteiger partial charge in [0.25, 0.3) is 0 Å². The number of nitrogens with zero attached hydrogens (tertiary/aromatic N) is 1. The Balaban J connectivity index is 2.15. The molecule has 0 aromatic carbocycles. The second-order valence-electron chi connectivity index (χ2n) is 5.21. The molecule has 0 spiro atoms. The largest absolute Gasteiger partial charge is 0.378 e. The molecule has 1 saturated heterocycles. The van der Waals surface area contributed by atoms with E-state index in [1.54, 1.807) is 0 Å². The molecule has 0 aromatic heterocycles. The molecule has 0 aliphatic carbocycles. The monoisotopic (exact) mass is 228 g/mol. The molecule has 1 fully saturated rings. The van der Waals surface area contributed by atoms with E-state index >= 15 is 0 Å². The van der Waals surface area contributed by atoms with Gasteiger partial charge in [0.05, 0.1) is 6.10 Å². The molecule has 1 rings (SSSR count). The van der Waals surface area contributed by atoms with E-state index in [1.807, 2.05) is 0 Å². The van der Waals surface area contributed by atoms with Gasteiger partial charge in [-0.05, 0) is 46.7 Å². The third-order valence-corrected chi connectivity index (χ3v) is 3.54. The van der Waals surface area contributed by atoms with E-state index in [1.165, 1.54) is 19.3 Å². The van der Waals surface area contributed by atoms with E-state index in [-0.39, 0.29) is 0 Å². The number of nitrogens with one attached hydrogen (secondary N) is 1. The summed E-state index contributed by atoms with van der Waals surface area (Å²) in [7, 11) is 4.31. The molecule has 1 aliphatic heterocycles. The van der Waals surface area contributed by atoms with Crippen LogP contribution in [0, 0.1) is 0 Å². The molecule has 0 saturated carbocycles. The van der Waals surface area contributed by atoms with Crippen molar-refractivity contribution in [2.24, 2.45) is 0 Å². The lowest BCUT2D eigenvalue weighted by Crippen LogP contribution is -2.41. The summed E-state index contributed by atoms with van der Waals surface area (Å²) in [4.78, 5) is 2.30. The van der Waals surface area contributed by atoms with Gasteiger partial charge in [-0.3, -0.25) is 0 Å². The highest BCUT2D eigenvalue weighted by Crippen LogP contribution is 2.16. The van der Waals surface area contributed by atoms with Crippen molar-refractivity contribution in [3.8, 4) is 0 Å². The molecule has 1 heterocycles. The van der Waals surface area contributed by atoms with Crippen LogP contribution in [0.5, 0.6) is 0 Å². The third kappa shape index (κ3) is 4.81. The SMILES string of the molecule is CCC(CNC(C)CC1CCCO1)N(C)C. The van der Waals surface area contributed by atoms with Crippen molar-refractivity contribution < 1.29 is 4.74 Å². The average molecular weight is 228 g/mol. The number of ether oxygens (including phenoxy) is 1.